The number of hydrogen-bond acceptors (Lipinski definition) is 9. The molecule has 2 aromatic heterocycles. The van der Waals surface area contributed by atoms with E-state index >= 15 is 0 Å². The molecule has 0 bridgehead atoms. The summed E-state index contributed by atoms with van der Waals surface area (Å²) in [6, 6.07) is 19.7. The SMILES string of the molecule is O=C(CCc1ccccc1)Nc1nnc(CCS(=O)CCc2nnc(NC(=O)CCc3ccccc3)s2)s1. The van der Waals surface area contributed by atoms with Gasteiger partial charge in [-0.25, -0.2) is 0 Å². The van der Waals surface area contributed by atoms with Gasteiger partial charge in [0.05, 0.1) is 0 Å². The normalized spacial score (nSPS) is 11.0. The number of carbonyl (C=O) groups excluding carboxylic acids is 2. The van der Waals surface area contributed by atoms with Gasteiger partial charge in [-0.2, -0.15) is 0 Å². The summed E-state index contributed by atoms with van der Waals surface area (Å²) in [6.07, 6.45) is 3.09. The zero-order valence-corrected chi connectivity index (χ0v) is 23.1. The summed E-state index contributed by atoms with van der Waals surface area (Å²) in [5.41, 5.74) is 2.22. The topological polar surface area (TPSA) is 127 Å². The van der Waals surface area contributed by atoms with Crippen molar-refractivity contribution in [2.75, 3.05) is 22.1 Å². The van der Waals surface area contributed by atoms with Crippen LogP contribution in [0.15, 0.2) is 60.7 Å². The molecule has 0 aliphatic heterocycles. The van der Waals surface area contributed by atoms with E-state index in [1.807, 2.05) is 60.7 Å². The Balaban J connectivity index is 1.12. The number of aromatic nitrogens is 4. The van der Waals surface area contributed by atoms with E-state index in [4.69, 9.17) is 0 Å². The number of amides is 2. The van der Waals surface area contributed by atoms with Crippen molar-refractivity contribution in [1.29, 1.82) is 0 Å². The molecule has 2 aromatic carbocycles. The molecule has 38 heavy (non-hydrogen) atoms. The molecule has 9 nitrogen and oxygen atoms in total. The lowest BCUT2D eigenvalue weighted by Crippen LogP contribution is -2.12. The Morgan fingerprint density at radius 3 is 1.47 bits per heavy atom. The lowest BCUT2D eigenvalue weighted by Gasteiger charge is -2.01. The second-order valence-electron chi connectivity index (χ2n) is 8.42. The fourth-order valence-electron chi connectivity index (χ4n) is 3.48. The number of nitrogens with one attached hydrogen (secondary N) is 2. The molecule has 4 rings (SSSR count). The maximum atomic E-state index is 12.5. The van der Waals surface area contributed by atoms with Gasteiger partial charge in [-0.1, -0.05) is 83.3 Å². The van der Waals surface area contributed by atoms with Crippen LogP contribution < -0.4 is 10.6 Å². The zero-order chi connectivity index (χ0) is 26.6. The highest BCUT2D eigenvalue weighted by Gasteiger charge is 2.12. The minimum atomic E-state index is -1.07. The van der Waals surface area contributed by atoms with E-state index in [0.29, 0.717) is 60.3 Å². The molecule has 0 saturated heterocycles. The van der Waals surface area contributed by atoms with Gasteiger partial charge in [-0.05, 0) is 24.0 Å². The Morgan fingerprint density at radius 1 is 0.632 bits per heavy atom. The number of hydrogen-bond donors (Lipinski definition) is 2. The number of nitrogens with zero attached hydrogens (tertiary/aromatic N) is 4. The van der Waals surface area contributed by atoms with E-state index < -0.39 is 10.8 Å². The van der Waals surface area contributed by atoms with Crippen LogP contribution in [0.2, 0.25) is 0 Å². The maximum absolute atomic E-state index is 12.5. The van der Waals surface area contributed by atoms with E-state index in [0.717, 1.165) is 21.1 Å². The van der Waals surface area contributed by atoms with Gasteiger partial charge in [0, 0.05) is 48.0 Å². The standard InChI is InChI=1S/C26H28N6O3S3/c33-21(13-11-19-7-3-1-4-8-19)27-25-31-29-23(36-25)15-17-38(35)18-16-24-30-32-26(37-24)28-22(34)14-12-20-9-5-2-6-10-20/h1-10H,11-18H2,(H,27,31,33)(H,28,32,34). The van der Waals surface area contributed by atoms with Gasteiger partial charge in [0.25, 0.3) is 0 Å². The average Bonchev–Trinajstić information content (AvgIpc) is 3.58. The summed E-state index contributed by atoms with van der Waals surface area (Å²) in [7, 11) is -1.07. The second kappa shape index (κ2) is 14.6. The predicted molar refractivity (Wildman–Crippen MR) is 152 cm³/mol. The molecule has 2 heterocycles. The van der Waals surface area contributed by atoms with Crippen molar-refractivity contribution in [2.24, 2.45) is 0 Å². The number of anilines is 2. The first kappa shape index (κ1) is 27.7. The van der Waals surface area contributed by atoms with Crippen molar-refractivity contribution < 1.29 is 13.8 Å². The maximum Gasteiger partial charge on any atom is 0.226 e. The minimum Gasteiger partial charge on any atom is -0.301 e. The van der Waals surface area contributed by atoms with Gasteiger partial charge < -0.3 is 10.6 Å². The summed E-state index contributed by atoms with van der Waals surface area (Å²) in [6.45, 7) is 0. The summed E-state index contributed by atoms with van der Waals surface area (Å²) in [5, 5.41) is 24.2. The van der Waals surface area contributed by atoms with Gasteiger partial charge in [0.15, 0.2) is 0 Å². The fourth-order valence-corrected chi connectivity index (χ4v) is 6.30. The lowest BCUT2D eigenvalue weighted by atomic mass is 10.1. The lowest BCUT2D eigenvalue weighted by molar-refractivity contribution is -0.117. The number of carbonyl (C=O) groups is 2. The highest BCUT2D eigenvalue weighted by molar-refractivity contribution is 7.84. The third-order valence-corrected chi connectivity index (χ3v) is 8.60. The Kier molecular flexibility index (Phi) is 10.6. The predicted octanol–water partition coefficient (Wildman–Crippen LogP) is 4.07. The van der Waals surface area contributed by atoms with Crippen LogP contribution in [0.3, 0.4) is 0 Å². The van der Waals surface area contributed by atoms with Crippen LogP contribution in [0, 0.1) is 0 Å². The van der Waals surface area contributed by atoms with Crippen LogP contribution in [-0.2, 0) is 46.1 Å². The molecule has 0 atom stereocenters. The molecule has 0 aliphatic carbocycles. The first-order valence-corrected chi connectivity index (χ1v) is 15.3. The molecule has 12 heteroatoms. The van der Waals surface area contributed by atoms with Crippen LogP contribution in [0.25, 0.3) is 0 Å². The largest absolute Gasteiger partial charge is 0.301 e. The highest BCUT2D eigenvalue weighted by atomic mass is 32.2. The van der Waals surface area contributed by atoms with Crippen LogP contribution in [-0.4, -0.2) is 47.9 Å². The van der Waals surface area contributed by atoms with E-state index in [-0.39, 0.29) is 11.8 Å². The molecule has 0 radical (unpaired) electrons. The monoisotopic (exact) mass is 568 g/mol. The second-order valence-corrected chi connectivity index (χ2v) is 12.2. The van der Waals surface area contributed by atoms with Crippen molar-refractivity contribution in [3.05, 3.63) is 81.8 Å². The Bertz CT molecular complexity index is 1240. The molecule has 0 spiro atoms. The van der Waals surface area contributed by atoms with Crippen LogP contribution >= 0.6 is 22.7 Å². The highest BCUT2D eigenvalue weighted by Crippen LogP contribution is 2.18. The van der Waals surface area contributed by atoms with Gasteiger partial charge in [0.1, 0.15) is 10.0 Å². The summed E-state index contributed by atoms with van der Waals surface area (Å²) in [4.78, 5) is 24.4. The average molecular weight is 569 g/mol. The summed E-state index contributed by atoms with van der Waals surface area (Å²) >= 11 is 2.60. The van der Waals surface area contributed by atoms with E-state index in [1.165, 1.54) is 22.7 Å². The molecular weight excluding hydrogens is 541 g/mol. The van der Waals surface area contributed by atoms with Gasteiger partial charge >= 0.3 is 0 Å². The third-order valence-electron chi connectivity index (χ3n) is 5.48. The first-order valence-electron chi connectivity index (χ1n) is 12.2. The van der Waals surface area contributed by atoms with Crippen LogP contribution in [0.4, 0.5) is 10.3 Å². The van der Waals surface area contributed by atoms with Gasteiger partial charge in [0.2, 0.25) is 22.1 Å². The smallest absolute Gasteiger partial charge is 0.226 e. The van der Waals surface area contributed by atoms with Crippen molar-refractivity contribution in [3.63, 3.8) is 0 Å². The van der Waals surface area contributed by atoms with Crippen molar-refractivity contribution >= 4 is 55.6 Å². The van der Waals surface area contributed by atoms with E-state index in [2.05, 4.69) is 31.0 Å². The van der Waals surface area contributed by atoms with Crippen LogP contribution in [0.5, 0.6) is 0 Å². The van der Waals surface area contributed by atoms with Crippen molar-refractivity contribution in [2.45, 2.75) is 38.5 Å². The molecule has 2 amide bonds. The minimum absolute atomic E-state index is 0.107. The van der Waals surface area contributed by atoms with Crippen LogP contribution in [0.1, 0.15) is 34.0 Å². The molecule has 0 unspecified atom stereocenters. The third kappa shape index (κ3) is 9.51. The van der Waals surface area contributed by atoms with Gasteiger partial charge in [-0.15, -0.1) is 20.4 Å². The zero-order valence-electron chi connectivity index (χ0n) is 20.7. The Hall–Kier alpha value is -3.35. The van der Waals surface area contributed by atoms with E-state index in [9.17, 15) is 13.8 Å². The number of aryl methyl sites for hydroxylation is 4. The van der Waals surface area contributed by atoms with E-state index in [1.54, 1.807) is 0 Å². The molecule has 198 valence electrons. The first-order chi connectivity index (χ1) is 18.5. The Labute approximate surface area is 231 Å². The molecule has 0 saturated carbocycles. The molecular formula is C26H28N6O3S3. The number of benzene rings is 2. The molecule has 2 N–H and O–H groups in total. The number of rotatable bonds is 14. The molecule has 4 aromatic rings. The van der Waals surface area contributed by atoms with Gasteiger partial charge in [-0.3, -0.25) is 13.8 Å². The molecule has 0 aliphatic rings. The fraction of sp³-hybridized carbons (Fsp3) is 0.308. The Morgan fingerprint density at radius 2 is 1.05 bits per heavy atom. The van der Waals surface area contributed by atoms with Crippen molar-refractivity contribution in [3.8, 4) is 0 Å². The van der Waals surface area contributed by atoms with Crippen molar-refractivity contribution in [1.82, 2.24) is 20.4 Å². The summed E-state index contributed by atoms with van der Waals surface area (Å²) < 4.78 is 12.5. The summed E-state index contributed by atoms with van der Waals surface area (Å²) in [5.74, 6) is 0.671. The quantitative estimate of drug-likeness (QED) is 0.235. The molecule has 0 fully saturated rings.